The van der Waals surface area contributed by atoms with Gasteiger partial charge in [0.15, 0.2) is 0 Å². The molecule has 2 N–H and O–H groups in total. The van der Waals surface area contributed by atoms with Crippen LogP contribution >= 0.6 is 11.6 Å². The van der Waals surface area contributed by atoms with E-state index in [0.29, 0.717) is 41.7 Å². The molecule has 0 spiro atoms. The maximum Gasteiger partial charge on any atom is 0.264 e. The average molecular weight is 672 g/mol. The van der Waals surface area contributed by atoms with Crippen molar-refractivity contribution in [2.45, 2.75) is 102 Å². The SMILES string of the molecule is C[C@@H]1[C@@H](C)C[C@H](N2CCCCC2)C[C@H](O)[C@@H]2CC[C@H]2CN2CCCCc3cc(Cl)ccc3COc3ccc(cc32)C(=O)NS1(=O)=O. The molecule has 1 amide bonds. The number of halogens is 1. The van der Waals surface area contributed by atoms with Crippen LogP contribution in [-0.2, 0) is 23.1 Å². The quantitative estimate of drug-likeness (QED) is 0.374. The highest BCUT2D eigenvalue weighted by Gasteiger charge is 2.40. The molecule has 2 aromatic carbocycles. The van der Waals surface area contributed by atoms with E-state index in [0.717, 1.165) is 82.4 Å². The molecule has 3 heterocycles. The minimum absolute atomic E-state index is 0.105. The molecule has 0 radical (unpaired) electrons. The number of anilines is 1. The van der Waals surface area contributed by atoms with Gasteiger partial charge in [-0.2, -0.15) is 0 Å². The minimum atomic E-state index is -3.95. The number of likely N-dealkylation sites (tertiary alicyclic amines) is 1. The number of aliphatic hydroxyl groups is 1. The molecule has 2 aromatic rings. The van der Waals surface area contributed by atoms with Crippen molar-refractivity contribution in [1.82, 2.24) is 9.62 Å². The van der Waals surface area contributed by atoms with Gasteiger partial charge in [0, 0.05) is 29.7 Å². The number of carbonyl (C=O) groups is 1. The van der Waals surface area contributed by atoms with Crippen LogP contribution in [0.15, 0.2) is 36.4 Å². The molecule has 1 saturated carbocycles. The molecule has 0 aromatic heterocycles. The van der Waals surface area contributed by atoms with Gasteiger partial charge < -0.3 is 19.6 Å². The maximum atomic E-state index is 13.6. The van der Waals surface area contributed by atoms with Gasteiger partial charge in [0.25, 0.3) is 5.91 Å². The zero-order valence-corrected chi connectivity index (χ0v) is 28.9. The average Bonchev–Trinajstić information content (AvgIpc) is 3.05. The molecule has 46 heavy (non-hydrogen) atoms. The maximum absolute atomic E-state index is 13.6. The minimum Gasteiger partial charge on any atom is -0.487 e. The normalized spacial score (nSPS) is 31.2. The Morgan fingerprint density at radius 1 is 0.935 bits per heavy atom. The Hall–Kier alpha value is -2.33. The number of sulfonamides is 1. The Kier molecular flexibility index (Phi) is 10.5. The van der Waals surface area contributed by atoms with E-state index in [2.05, 4.69) is 14.5 Å². The summed E-state index contributed by atoms with van der Waals surface area (Å²) in [7, 11) is -3.95. The predicted molar refractivity (Wildman–Crippen MR) is 183 cm³/mol. The summed E-state index contributed by atoms with van der Waals surface area (Å²) in [5, 5.41) is 11.7. The molecule has 2 fully saturated rings. The van der Waals surface area contributed by atoms with Crippen molar-refractivity contribution in [2.75, 3.05) is 31.1 Å². The van der Waals surface area contributed by atoms with Crippen molar-refractivity contribution in [3.8, 4) is 5.75 Å². The van der Waals surface area contributed by atoms with Gasteiger partial charge in [-0.15, -0.1) is 0 Å². The largest absolute Gasteiger partial charge is 0.487 e. The molecule has 252 valence electrons. The lowest BCUT2D eigenvalue weighted by Gasteiger charge is -2.45. The third-order valence-electron chi connectivity index (χ3n) is 11.3. The number of benzene rings is 2. The van der Waals surface area contributed by atoms with Gasteiger partial charge in [0.1, 0.15) is 12.4 Å². The first-order valence-corrected chi connectivity index (χ1v) is 19.3. The van der Waals surface area contributed by atoms with Crippen molar-refractivity contribution in [1.29, 1.82) is 0 Å². The highest BCUT2D eigenvalue weighted by molar-refractivity contribution is 7.90. The summed E-state index contributed by atoms with van der Waals surface area (Å²) in [6.07, 6.45) is 9.20. The number of nitrogens with one attached hydrogen (secondary N) is 1. The summed E-state index contributed by atoms with van der Waals surface area (Å²) in [4.78, 5) is 18.4. The van der Waals surface area contributed by atoms with E-state index in [-0.39, 0.29) is 17.9 Å². The lowest BCUT2D eigenvalue weighted by molar-refractivity contribution is -0.0126. The number of nitrogens with zero attached hydrogens (tertiary/aromatic N) is 2. The molecule has 6 atom stereocenters. The third-order valence-corrected chi connectivity index (χ3v) is 13.4. The monoisotopic (exact) mass is 671 g/mol. The highest BCUT2D eigenvalue weighted by Crippen LogP contribution is 2.42. The standard InChI is InChI=1S/C36H50ClN3O5S/c1-24-18-31(39-15-5-3-6-16-39)21-34(41)32-13-10-28(32)22-40-17-7-4-8-26-19-30(37)12-9-29(26)23-45-35-14-11-27(20-33(35)40)36(42)38-46(43,44)25(24)2/h9,11-12,14,19-20,24-25,28,31-32,34,41H,3-8,10,13,15-18,21-23H2,1-2H3,(H,38,42)/t24-,25+,28-,31-,32+,34-/m0/s1. The number of carbonyl (C=O) groups excluding carboxylic acids is 1. The summed E-state index contributed by atoms with van der Waals surface area (Å²) >= 11 is 6.35. The number of fused-ring (bicyclic) bond motifs is 3. The molecule has 0 unspecified atom stereocenters. The van der Waals surface area contributed by atoms with E-state index < -0.39 is 27.3 Å². The Morgan fingerprint density at radius 2 is 1.72 bits per heavy atom. The summed E-state index contributed by atoms with van der Waals surface area (Å²) in [6, 6.07) is 11.3. The zero-order valence-electron chi connectivity index (χ0n) is 27.3. The molecular formula is C36H50ClN3O5S. The van der Waals surface area contributed by atoms with Crippen LogP contribution in [0.2, 0.25) is 5.02 Å². The van der Waals surface area contributed by atoms with Crippen LogP contribution in [0.25, 0.3) is 0 Å². The van der Waals surface area contributed by atoms with Crippen molar-refractivity contribution in [2.24, 2.45) is 17.8 Å². The first-order valence-electron chi connectivity index (χ1n) is 17.4. The smallest absolute Gasteiger partial charge is 0.264 e. The van der Waals surface area contributed by atoms with Gasteiger partial charge in [-0.25, -0.2) is 13.1 Å². The number of piperidine rings is 1. The van der Waals surface area contributed by atoms with E-state index in [9.17, 15) is 18.3 Å². The molecule has 4 aliphatic rings. The topological polar surface area (TPSA) is 99.2 Å². The second-order valence-electron chi connectivity index (χ2n) is 14.2. The van der Waals surface area contributed by atoms with Gasteiger partial charge in [-0.05, 0) is 137 Å². The summed E-state index contributed by atoms with van der Waals surface area (Å²) in [6.45, 7) is 7.52. The second kappa shape index (κ2) is 14.4. The molecule has 8 nitrogen and oxygen atoms in total. The van der Waals surface area contributed by atoms with Crippen LogP contribution in [0, 0.1) is 17.8 Å². The Balaban J connectivity index is 1.35. The van der Waals surface area contributed by atoms with Crippen LogP contribution in [0.3, 0.4) is 0 Å². The number of ether oxygens (including phenoxy) is 1. The summed E-state index contributed by atoms with van der Waals surface area (Å²) < 4.78 is 36.0. The lowest BCUT2D eigenvalue weighted by Crippen LogP contribution is -2.49. The molecule has 1 saturated heterocycles. The second-order valence-corrected chi connectivity index (χ2v) is 16.7. The van der Waals surface area contributed by atoms with Crippen LogP contribution in [-0.4, -0.2) is 67.9 Å². The first-order chi connectivity index (χ1) is 22.1. The number of hydrogen-bond acceptors (Lipinski definition) is 7. The number of aliphatic hydroxyl groups excluding tert-OH is 1. The number of aryl methyl sites for hydroxylation is 1. The van der Waals surface area contributed by atoms with E-state index in [1.54, 1.807) is 25.1 Å². The first kappa shape index (κ1) is 33.6. The van der Waals surface area contributed by atoms with Gasteiger partial charge in [0.2, 0.25) is 10.0 Å². The van der Waals surface area contributed by atoms with E-state index in [1.807, 2.05) is 25.1 Å². The third kappa shape index (κ3) is 7.53. The fraction of sp³-hybridized carbons (Fsp3) is 0.639. The molecule has 6 rings (SSSR count). The molecule has 1 aliphatic carbocycles. The van der Waals surface area contributed by atoms with Gasteiger partial charge in [-0.3, -0.25) is 4.79 Å². The summed E-state index contributed by atoms with van der Waals surface area (Å²) in [5.74, 6) is 0.369. The number of hydrogen-bond donors (Lipinski definition) is 2. The van der Waals surface area contributed by atoms with E-state index in [1.165, 1.54) is 12.0 Å². The van der Waals surface area contributed by atoms with E-state index in [4.69, 9.17) is 16.3 Å². The number of amides is 1. The Bertz CT molecular complexity index is 1500. The van der Waals surface area contributed by atoms with Gasteiger partial charge in [-0.1, -0.05) is 31.0 Å². The van der Waals surface area contributed by atoms with E-state index >= 15 is 0 Å². The van der Waals surface area contributed by atoms with Crippen LogP contribution in [0.5, 0.6) is 5.75 Å². The molecular weight excluding hydrogens is 622 g/mol. The fourth-order valence-electron chi connectivity index (χ4n) is 8.03. The Labute approximate surface area is 279 Å². The highest BCUT2D eigenvalue weighted by atomic mass is 35.5. The van der Waals surface area contributed by atoms with Crippen molar-refractivity contribution in [3.05, 3.63) is 58.1 Å². The van der Waals surface area contributed by atoms with Crippen molar-refractivity contribution >= 4 is 33.2 Å². The lowest BCUT2D eigenvalue weighted by atomic mass is 9.68. The number of rotatable bonds is 1. The van der Waals surface area contributed by atoms with Gasteiger partial charge >= 0.3 is 0 Å². The van der Waals surface area contributed by atoms with Crippen molar-refractivity contribution in [3.63, 3.8) is 0 Å². The van der Waals surface area contributed by atoms with Crippen LogP contribution in [0.4, 0.5) is 5.69 Å². The Morgan fingerprint density at radius 3 is 2.48 bits per heavy atom. The predicted octanol–water partition coefficient (Wildman–Crippen LogP) is 6.18. The van der Waals surface area contributed by atoms with Crippen molar-refractivity contribution < 1.29 is 23.1 Å². The van der Waals surface area contributed by atoms with Crippen LogP contribution < -0.4 is 14.4 Å². The van der Waals surface area contributed by atoms with Crippen LogP contribution in [0.1, 0.15) is 93.1 Å². The molecule has 2 bridgehead atoms. The fourth-order valence-corrected chi connectivity index (χ4v) is 9.51. The zero-order chi connectivity index (χ0) is 32.4. The molecule has 3 aliphatic heterocycles. The molecule has 10 heteroatoms. The van der Waals surface area contributed by atoms with Gasteiger partial charge in [0.05, 0.1) is 17.0 Å². The summed E-state index contributed by atoms with van der Waals surface area (Å²) in [5.41, 5.74) is 3.35.